The Morgan fingerprint density at radius 2 is 2.00 bits per heavy atom. The minimum absolute atomic E-state index is 0.0175. The lowest BCUT2D eigenvalue weighted by molar-refractivity contribution is 0.0271. The maximum atomic E-state index is 9.79. The molecule has 0 amide bonds. The molecule has 0 aromatic carbocycles. The van der Waals surface area contributed by atoms with Crippen molar-refractivity contribution >= 4 is 0 Å². The summed E-state index contributed by atoms with van der Waals surface area (Å²) in [6.45, 7) is 6.78. The molecule has 1 rings (SSSR count). The van der Waals surface area contributed by atoms with Gasteiger partial charge in [-0.15, -0.1) is 0 Å². The molecular weight excluding hydrogens is 148 g/mol. The van der Waals surface area contributed by atoms with Crippen molar-refractivity contribution in [3.8, 4) is 0 Å². The predicted molar refractivity (Wildman–Crippen MR) is 52.0 cm³/mol. The van der Waals surface area contributed by atoms with E-state index in [2.05, 4.69) is 20.8 Å². The van der Waals surface area contributed by atoms with Crippen molar-refractivity contribution in [3.63, 3.8) is 0 Å². The molecule has 0 saturated heterocycles. The molecule has 12 heavy (non-hydrogen) atoms. The van der Waals surface area contributed by atoms with Gasteiger partial charge in [0.2, 0.25) is 0 Å². The second kappa shape index (κ2) is 4.27. The highest BCUT2D eigenvalue weighted by Gasteiger charge is 2.29. The minimum atomic E-state index is -0.0175. The van der Waals surface area contributed by atoms with Gasteiger partial charge in [-0.05, 0) is 30.6 Å². The largest absolute Gasteiger partial charge is 0.393 e. The normalized spacial score (nSPS) is 37.2. The molecule has 1 heteroatoms. The molecule has 1 aliphatic rings. The lowest BCUT2D eigenvalue weighted by Gasteiger charge is -2.34. The first kappa shape index (κ1) is 10.0. The number of rotatable bonds is 2. The lowest BCUT2D eigenvalue weighted by Crippen LogP contribution is -2.31. The van der Waals surface area contributed by atoms with E-state index in [1.807, 2.05) is 0 Å². The summed E-state index contributed by atoms with van der Waals surface area (Å²) < 4.78 is 0. The van der Waals surface area contributed by atoms with Gasteiger partial charge < -0.3 is 5.11 Å². The zero-order valence-corrected chi connectivity index (χ0v) is 8.59. The van der Waals surface area contributed by atoms with Crippen molar-refractivity contribution in [1.29, 1.82) is 0 Å². The summed E-state index contributed by atoms with van der Waals surface area (Å²) in [4.78, 5) is 0. The quantitative estimate of drug-likeness (QED) is 0.675. The standard InChI is InChI=1S/C11H22O/c1-8(2)7-10-9(3)5-4-6-11(10)12/h8-12H,4-7H2,1-3H3. The monoisotopic (exact) mass is 170 g/mol. The van der Waals surface area contributed by atoms with Gasteiger partial charge in [0.25, 0.3) is 0 Å². The maximum Gasteiger partial charge on any atom is 0.0571 e. The van der Waals surface area contributed by atoms with Crippen LogP contribution in [0.15, 0.2) is 0 Å². The molecule has 1 N–H and O–H groups in total. The number of hydrogen-bond acceptors (Lipinski definition) is 1. The van der Waals surface area contributed by atoms with Crippen LogP contribution >= 0.6 is 0 Å². The third kappa shape index (κ3) is 2.48. The van der Waals surface area contributed by atoms with Gasteiger partial charge in [-0.2, -0.15) is 0 Å². The Hall–Kier alpha value is -0.0400. The van der Waals surface area contributed by atoms with E-state index in [9.17, 15) is 5.11 Å². The molecule has 3 unspecified atom stereocenters. The van der Waals surface area contributed by atoms with Crippen molar-refractivity contribution in [1.82, 2.24) is 0 Å². The molecule has 0 aromatic heterocycles. The second-order valence-corrected chi connectivity index (χ2v) is 4.77. The molecule has 3 atom stereocenters. The van der Waals surface area contributed by atoms with Crippen LogP contribution in [-0.2, 0) is 0 Å². The van der Waals surface area contributed by atoms with Crippen molar-refractivity contribution < 1.29 is 5.11 Å². The van der Waals surface area contributed by atoms with Gasteiger partial charge in [-0.25, -0.2) is 0 Å². The summed E-state index contributed by atoms with van der Waals surface area (Å²) in [6.07, 6.45) is 4.74. The van der Waals surface area contributed by atoms with Crippen LogP contribution in [-0.4, -0.2) is 11.2 Å². The van der Waals surface area contributed by atoms with Gasteiger partial charge in [0, 0.05) is 0 Å². The average molecular weight is 170 g/mol. The van der Waals surface area contributed by atoms with Crippen LogP contribution in [0.2, 0.25) is 0 Å². The fourth-order valence-corrected chi connectivity index (χ4v) is 2.39. The minimum Gasteiger partial charge on any atom is -0.393 e. The van der Waals surface area contributed by atoms with Crippen LogP contribution in [0, 0.1) is 17.8 Å². The Bertz CT molecular complexity index is 121. The fourth-order valence-electron chi connectivity index (χ4n) is 2.39. The summed E-state index contributed by atoms with van der Waals surface area (Å²) in [7, 11) is 0. The van der Waals surface area contributed by atoms with E-state index < -0.39 is 0 Å². The van der Waals surface area contributed by atoms with Crippen molar-refractivity contribution in [2.45, 2.75) is 52.6 Å². The molecule has 72 valence electrons. The second-order valence-electron chi connectivity index (χ2n) is 4.77. The lowest BCUT2D eigenvalue weighted by atomic mass is 9.74. The van der Waals surface area contributed by atoms with Gasteiger partial charge in [0.1, 0.15) is 0 Å². The van der Waals surface area contributed by atoms with Gasteiger partial charge in [0.15, 0.2) is 0 Å². The summed E-state index contributed by atoms with van der Waals surface area (Å²) in [5, 5.41) is 9.79. The summed E-state index contributed by atoms with van der Waals surface area (Å²) in [5.74, 6) is 2.03. The third-order valence-electron chi connectivity index (χ3n) is 3.13. The smallest absolute Gasteiger partial charge is 0.0571 e. The van der Waals surface area contributed by atoms with Gasteiger partial charge >= 0.3 is 0 Å². The topological polar surface area (TPSA) is 20.2 Å². The molecule has 1 aliphatic carbocycles. The molecule has 0 aliphatic heterocycles. The summed E-state index contributed by atoms with van der Waals surface area (Å²) >= 11 is 0. The summed E-state index contributed by atoms with van der Waals surface area (Å²) in [5.41, 5.74) is 0. The average Bonchev–Trinajstić information content (AvgIpc) is 1.97. The molecule has 0 heterocycles. The van der Waals surface area contributed by atoms with E-state index in [1.54, 1.807) is 0 Å². The molecule has 0 bridgehead atoms. The van der Waals surface area contributed by atoms with Crippen LogP contribution in [0.5, 0.6) is 0 Å². The predicted octanol–water partition coefficient (Wildman–Crippen LogP) is 2.83. The first-order valence-corrected chi connectivity index (χ1v) is 5.29. The van der Waals surface area contributed by atoms with Gasteiger partial charge in [-0.1, -0.05) is 33.6 Å². The van der Waals surface area contributed by atoms with Crippen molar-refractivity contribution in [2.24, 2.45) is 17.8 Å². The summed E-state index contributed by atoms with van der Waals surface area (Å²) in [6, 6.07) is 0. The van der Waals surface area contributed by atoms with Crippen LogP contribution in [0.4, 0.5) is 0 Å². The Morgan fingerprint density at radius 3 is 2.50 bits per heavy atom. The Kier molecular flexibility index (Phi) is 3.57. The number of aliphatic hydroxyl groups is 1. The van der Waals surface area contributed by atoms with E-state index in [0.717, 1.165) is 18.3 Å². The van der Waals surface area contributed by atoms with Crippen molar-refractivity contribution in [2.75, 3.05) is 0 Å². The molecule has 0 radical (unpaired) electrons. The highest BCUT2D eigenvalue weighted by atomic mass is 16.3. The zero-order valence-electron chi connectivity index (χ0n) is 8.59. The van der Waals surface area contributed by atoms with E-state index in [4.69, 9.17) is 0 Å². The molecule has 1 nitrogen and oxygen atoms in total. The Labute approximate surface area is 76.2 Å². The highest BCUT2D eigenvalue weighted by Crippen LogP contribution is 2.34. The SMILES string of the molecule is CC(C)CC1C(C)CCCC1O. The molecule has 1 fully saturated rings. The Balaban J connectivity index is 2.45. The first-order valence-electron chi connectivity index (χ1n) is 5.29. The fraction of sp³-hybridized carbons (Fsp3) is 1.00. The molecule has 1 saturated carbocycles. The number of hydrogen-bond donors (Lipinski definition) is 1. The van der Waals surface area contributed by atoms with E-state index in [0.29, 0.717) is 5.92 Å². The zero-order chi connectivity index (χ0) is 9.14. The van der Waals surface area contributed by atoms with Crippen LogP contribution < -0.4 is 0 Å². The van der Waals surface area contributed by atoms with E-state index >= 15 is 0 Å². The number of aliphatic hydroxyl groups excluding tert-OH is 1. The molecular formula is C11H22O. The van der Waals surface area contributed by atoms with Gasteiger partial charge in [-0.3, -0.25) is 0 Å². The van der Waals surface area contributed by atoms with E-state index in [1.165, 1.54) is 19.3 Å². The first-order chi connectivity index (χ1) is 5.61. The van der Waals surface area contributed by atoms with E-state index in [-0.39, 0.29) is 6.10 Å². The van der Waals surface area contributed by atoms with Crippen LogP contribution in [0.3, 0.4) is 0 Å². The maximum absolute atomic E-state index is 9.79. The third-order valence-corrected chi connectivity index (χ3v) is 3.13. The molecule has 0 spiro atoms. The molecule has 0 aromatic rings. The van der Waals surface area contributed by atoms with Gasteiger partial charge in [0.05, 0.1) is 6.10 Å². The van der Waals surface area contributed by atoms with Crippen LogP contribution in [0.1, 0.15) is 46.5 Å². The Morgan fingerprint density at radius 1 is 1.33 bits per heavy atom. The van der Waals surface area contributed by atoms with Crippen LogP contribution in [0.25, 0.3) is 0 Å². The highest BCUT2D eigenvalue weighted by molar-refractivity contribution is 4.80. The van der Waals surface area contributed by atoms with Crippen molar-refractivity contribution in [3.05, 3.63) is 0 Å².